The van der Waals surface area contributed by atoms with Crippen LogP contribution in [-0.2, 0) is 87.2 Å². The number of hydrogen-bond acceptors (Lipinski definition) is 17. The van der Waals surface area contributed by atoms with Crippen LogP contribution in [0, 0.1) is 22.7 Å². The fourth-order valence-electron chi connectivity index (χ4n) is 8.89. The number of nitrogens with zero attached hydrogens (tertiary/aromatic N) is 4. The van der Waals surface area contributed by atoms with E-state index in [9.17, 15) is 79.2 Å². The quantitative estimate of drug-likeness (QED) is 0.119. The van der Waals surface area contributed by atoms with Gasteiger partial charge in [0.2, 0.25) is 0 Å². The fourth-order valence-corrected chi connectivity index (χ4v) is 8.89. The molecule has 5 rings (SSSR count). The zero-order valence-corrected chi connectivity index (χ0v) is 34.8. The van der Waals surface area contributed by atoms with Crippen LogP contribution in [0.5, 0.6) is 0 Å². The van der Waals surface area contributed by atoms with E-state index < -0.39 is 128 Å². The summed E-state index contributed by atoms with van der Waals surface area (Å²) in [6.07, 6.45) is -3.88. The minimum atomic E-state index is -1.66. The van der Waals surface area contributed by atoms with Crippen LogP contribution in [0.1, 0.15) is 110 Å². The molecule has 5 heterocycles. The van der Waals surface area contributed by atoms with Gasteiger partial charge in [-0.3, -0.25) is 4.99 Å². The third-order valence-electron chi connectivity index (χ3n) is 11.8. The van der Waals surface area contributed by atoms with Crippen LogP contribution in [0.25, 0.3) is 17.5 Å². The topological polar surface area (TPSA) is 376 Å². The summed E-state index contributed by atoms with van der Waals surface area (Å²) in [5.74, 6) is -14.8. The number of aliphatic imine (C=N–C) groups is 1. The zero-order valence-electron chi connectivity index (χ0n) is 33.7. The van der Waals surface area contributed by atoms with E-state index in [1.165, 1.54) is 32.1 Å². The van der Waals surface area contributed by atoms with E-state index in [0.29, 0.717) is 0 Å². The summed E-state index contributed by atoms with van der Waals surface area (Å²) in [6.45, 7) is 2.86. The van der Waals surface area contributed by atoms with Gasteiger partial charge in [0.15, 0.2) is 0 Å². The number of carbonyl (C=O) groups is 8. The van der Waals surface area contributed by atoms with E-state index in [2.05, 4.69) is 9.97 Å². The summed E-state index contributed by atoms with van der Waals surface area (Å²) >= 11 is 0. The third-order valence-corrected chi connectivity index (χ3v) is 11.8. The van der Waals surface area contributed by atoms with E-state index >= 15 is 0 Å². The fraction of sp³-hybridized carbons (Fsp3) is 0.452. The molecule has 8 bridgehead atoms. The molecular formula is C42H37CoN4O16-11. The van der Waals surface area contributed by atoms with E-state index in [0.717, 1.165) is 0 Å². The number of fused-ring (bicyclic) bond motifs is 7. The van der Waals surface area contributed by atoms with E-state index in [1.54, 1.807) is 0 Å². The summed E-state index contributed by atoms with van der Waals surface area (Å²) in [4.78, 5) is 111. The monoisotopic (exact) mass is 912 g/mol. The van der Waals surface area contributed by atoms with E-state index in [1.807, 2.05) is 0 Å². The smallest absolute Gasteiger partial charge is 0.0464 e. The summed E-state index contributed by atoms with van der Waals surface area (Å²) in [6, 6.07) is 0. The molecule has 1 fully saturated rings. The van der Waals surface area contributed by atoms with Gasteiger partial charge in [0, 0.05) is 100 Å². The molecule has 2 aromatic rings. The van der Waals surface area contributed by atoms with Gasteiger partial charge in [-0.2, -0.15) is 22.8 Å². The van der Waals surface area contributed by atoms with Crippen molar-refractivity contribution < 1.29 is 96.0 Å². The van der Waals surface area contributed by atoms with Gasteiger partial charge in [0.1, 0.15) is 0 Å². The molecule has 1 radical (unpaired) electrons. The Balaban J connectivity index is 0.00000871. The number of carbonyl (C=O) groups excluding carboxylic acids is 8. The van der Waals surface area contributed by atoms with Crippen molar-refractivity contribution in [3.63, 3.8) is 0 Å². The number of rotatable bonds is 20. The van der Waals surface area contributed by atoms with Gasteiger partial charge in [0.25, 0.3) is 0 Å². The molecule has 0 saturated carbocycles. The van der Waals surface area contributed by atoms with Crippen molar-refractivity contribution >= 4 is 65.6 Å². The predicted octanol–water partition coefficient (Wildman–Crippen LogP) is -6.85. The number of aliphatic carboxylic acids is 8. The number of aromatic nitrogens is 2. The van der Waals surface area contributed by atoms with Crippen molar-refractivity contribution in [2.75, 3.05) is 0 Å². The summed E-state index contributed by atoms with van der Waals surface area (Å²) in [5, 5.41) is 101. The largest absolute Gasteiger partial charge is 0.664 e. The number of carboxylic acids is 8. The summed E-state index contributed by atoms with van der Waals surface area (Å²) in [7, 11) is 0. The van der Waals surface area contributed by atoms with Gasteiger partial charge >= 0.3 is 0 Å². The van der Waals surface area contributed by atoms with Crippen LogP contribution in [0.15, 0.2) is 28.2 Å². The molecular weight excluding hydrogens is 875 g/mol. The Labute approximate surface area is 369 Å². The standard InChI is InChI=1S/C42H46N4O16.Co/c1-41(17-39(59)60)23(5-9-35(51)52)29-14-27-21(11-37(55)56)19(3-7-33(47)48)25(43-27)13-26-20(4-8-34(49)50)22(12-38(57)58)28(44-26)15-31-42(2,18-40(61)62)24(6-10-36(53)54)30(46-31)16-32(41)45-29;/h14-16,23-24H,3-13,17-18H2,1-2H3,(H9,45,46,47,48,49,50,51,52,53,54,55,56,57,58,59,60,61,62);/q-2;/p-9/b29-14-,31-15-;/t23-,24-,41+,42+;/m1./s1. The van der Waals surface area contributed by atoms with Crippen molar-refractivity contribution in [3.8, 4) is 0 Å². The molecule has 0 spiro atoms. The first-order chi connectivity index (χ1) is 29.0. The molecule has 0 N–H and O–H groups in total. The minimum absolute atomic E-state index is 0. The Morgan fingerprint density at radius 2 is 1.02 bits per heavy atom. The van der Waals surface area contributed by atoms with Crippen LogP contribution in [0.4, 0.5) is 0 Å². The first kappa shape index (κ1) is 49.2. The van der Waals surface area contributed by atoms with Crippen molar-refractivity contribution in [1.29, 1.82) is 0 Å². The molecule has 3 aliphatic heterocycles. The summed E-state index contributed by atoms with van der Waals surface area (Å²) < 4.78 is 0. The summed E-state index contributed by atoms with van der Waals surface area (Å²) in [5.41, 5.74) is -3.88. The van der Waals surface area contributed by atoms with Gasteiger partial charge in [-0.25, -0.2) is 0 Å². The van der Waals surface area contributed by atoms with Gasteiger partial charge in [-0.1, -0.05) is 54.3 Å². The molecule has 341 valence electrons. The van der Waals surface area contributed by atoms with Crippen LogP contribution in [-0.4, -0.2) is 53.5 Å². The van der Waals surface area contributed by atoms with Gasteiger partial charge in [-0.15, -0.1) is 11.4 Å². The third kappa shape index (κ3) is 11.1. The van der Waals surface area contributed by atoms with Gasteiger partial charge in [0.05, 0.1) is 0 Å². The Kier molecular flexibility index (Phi) is 15.4. The maximum Gasteiger partial charge on any atom is 0.0464 e. The molecule has 63 heavy (non-hydrogen) atoms. The molecule has 21 heteroatoms. The Hall–Kier alpha value is -6.48. The molecule has 2 aromatic heterocycles. The molecule has 1 saturated heterocycles. The molecule has 0 aliphatic carbocycles. The molecule has 4 atom stereocenters. The number of allylic oxidation sites excluding steroid dienone is 4. The molecule has 0 amide bonds. The van der Waals surface area contributed by atoms with Crippen LogP contribution < -0.4 is 50.8 Å². The number of carboxylic acid groups (broad SMARTS) is 8. The number of hydrogen-bond donors (Lipinski definition) is 0. The van der Waals surface area contributed by atoms with Crippen LogP contribution >= 0.6 is 0 Å². The SMILES string of the molecule is C[C@@]1(CC(=O)[O-])/C2=C/c3[n-]c(c(CCC(=O)[O-])c3CC(=O)[O-])Cc3[n-]c(c(CC(=O)[O-])c3CCC(=O)[O-])/C=C3\[N-]/C(=C\C(=N2)[C@H]1CCC(=O)[O-])[C@@](C)(CC(=O)[O-])[C@@H]3CCC(=O)[O-].[Co]. The maximum atomic E-state index is 12.4. The molecule has 3 aliphatic rings. The van der Waals surface area contributed by atoms with Crippen LogP contribution in [0.2, 0.25) is 0 Å². The second-order valence-electron chi connectivity index (χ2n) is 16.0. The van der Waals surface area contributed by atoms with Gasteiger partial charge < -0.3 is 94.5 Å². The zero-order chi connectivity index (χ0) is 45.8. The average molecular weight is 913 g/mol. The Morgan fingerprint density at radius 3 is 1.46 bits per heavy atom. The van der Waals surface area contributed by atoms with Crippen molar-refractivity contribution in [1.82, 2.24) is 9.97 Å². The molecule has 20 nitrogen and oxygen atoms in total. The van der Waals surface area contributed by atoms with Crippen LogP contribution in [0.3, 0.4) is 0 Å². The first-order valence-electron chi connectivity index (χ1n) is 19.4. The Morgan fingerprint density at radius 1 is 0.571 bits per heavy atom. The average Bonchev–Trinajstić information content (AvgIpc) is 3.77. The second-order valence-corrected chi connectivity index (χ2v) is 16.0. The van der Waals surface area contributed by atoms with Crippen molar-refractivity contribution in [2.45, 2.75) is 97.3 Å². The van der Waals surface area contributed by atoms with E-state index in [4.69, 9.17) is 10.3 Å². The Bertz CT molecular complexity index is 2370. The predicted molar refractivity (Wildman–Crippen MR) is 192 cm³/mol. The second kappa shape index (κ2) is 19.7. The minimum Gasteiger partial charge on any atom is -0.664 e. The maximum absolute atomic E-state index is 12.4. The van der Waals surface area contributed by atoms with Crippen molar-refractivity contribution in [2.24, 2.45) is 27.7 Å². The molecule has 0 unspecified atom stereocenters. The first-order valence-corrected chi connectivity index (χ1v) is 19.4. The van der Waals surface area contributed by atoms with Gasteiger partial charge in [-0.05, 0) is 82.0 Å². The van der Waals surface area contributed by atoms with E-state index in [-0.39, 0.29) is 110 Å². The van der Waals surface area contributed by atoms with Crippen molar-refractivity contribution in [3.05, 3.63) is 73.5 Å². The normalized spacial score (nSPS) is 23.7. The molecule has 0 aromatic carbocycles.